The summed E-state index contributed by atoms with van der Waals surface area (Å²) in [5.41, 5.74) is 6.07. The van der Waals surface area contributed by atoms with Crippen molar-refractivity contribution in [2.45, 2.75) is 5.54 Å². The molecule has 5 heterocycles. The molecule has 0 saturated heterocycles. The minimum Gasteiger partial charge on any atom is -0.497 e. The predicted octanol–water partition coefficient (Wildman–Crippen LogP) is 4.88. The van der Waals surface area contributed by atoms with Gasteiger partial charge in [-0.15, -0.1) is 0 Å². The minimum atomic E-state index is -0.875. The van der Waals surface area contributed by atoms with Crippen molar-refractivity contribution in [3.63, 3.8) is 0 Å². The molecule has 7 nitrogen and oxygen atoms in total. The van der Waals surface area contributed by atoms with E-state index in [1.165, 1.54) is 0 Å². The number of benzene rings is 2. The molecule has 0 bridgehead atoms. The lowest BCUT2D eigenvalue weighted by atomic mass is 9.84. The van der Waals surface area contributed by atoms with Gasteiger partial charge in [0.2, 0.25) is 5.96 Å². The first-order chi connectivity index (χ1) is 17.6. The molecule has 0 spiro atoms. The Labute approximate surface area is 209 Å². The van der Waals surface area contributed by atoms with Gasteiger partial charge in [0, 0.05) is 32.1 Å². The number of hydrogen-bond acceptors (Lipinski definition) is 5. The van der Waals surface area contributed by atoms with Crippen molar-refractivity contribution >= 4 is 28.9 Å². The van der Waals surface area contributed by atoms with Crippen LogP contribution in [0.5, 0.6) is 5.75 Å². The highest BCUT2D eigenvalue weighted by molar-refractivity contribution is 6.29. The van der Waals surface area contributed by atoms with Gasteiger partial charge in [-0.3, -0.25) is 4.90 Å². The van der Waals surface area contributed by atoms with Crippen LogP contribution in [-0.4, -0.2) is 38.7 Å². The van der Waals surface area contributed by atoms with Gasteiger partial charge in [0.1, 0.15) is 5.75 Å². The summed E-state index contributed by atoms with van der Waals surface area (Å²) in [5.74, 6) is 2.25. The van der Waals surface area contributed by atoms with Gasteiger partial charge in [0.15, 0.2) is 11.4 Å². The maximum Gasteiger partial charge on any atom is 0.233 e. The summed E-state index contributed by atoms with van der Waals surface area (Å²) in [6.45, 7) is 0. The van der Waals surface area contributed by atoms with Gasteiger partial charge in [-0.25, -0.2) is 15.0 Å². The highest BCUT2D eigenvalue weighted by Gasteiger charge is 2.54. The molecule has 0 saturated carbocycles. The number of para-hydroxylation sites is 1. The standard InChI is InChI=1S/C29H24N6O/c1-33-16-6-10-24(33)23-18-25-21-8-4-5-9-22(21)30-27-29(26-11-7-17-34(26)2,32-28(31-23)35(25)27)19-12-14-20(36-3)15-13-19/h4-18H,1-3H3. The number of aliphatic imine (C=N–C) groups is 3. The lowest BCUT2D eigenvalue weighted by molar-refractivity contribution is 0.414. The SMILES string of the molecule is COc1ccc(C2(c3cccn3C)N=C3N=C(c4cccn4C)C=C4c5ccccc5N=C2N43)cc1. The van der Waals surface area contributed by atoms with Crippen molar-refractivity contribution in [2.75, 3.05) is 7.11 Å². The molecule has 7 rings (SSSR count). The lowest BCUT2D eigenvalue weighted by Gasteiger charge is -2.35. The first kappa shape index (κ1) is 20.7. The Morgan fingerprint density at radius 1 is 0.806 bits per heavy atom. The third-order valence-corrected chi connectivity index (χ3v) is 7.17. The number of fused-ring (bicyclic) bond motifs is 2. The largest absolute Gasteiger partial charge is 0.497 e. The zero-order valence-corrected chi connectivity index (χ0v) is 20.3. The fourth-order valence-corrected chi connectivity index (χ4v) is 5.41. The highest BCUT2D eigenvalue weighted by Crippen LogP contribution is 2.49. The normalized spacial score (nSPS) is 19.7. The van der Waals surface area contributed by atoms with Crippen molar-refractivity contribution in [1.29, 1.82) is 0 Å². The number of hydrogen-bond donors (Lipinski definition) is 0. The minimum absolute atomic E-state index is 0.633. The van der Waals surface area contributed by atoms with E-state index in [-0.39, 0.29) is 0 Å². The summed E-state index contributed by atoms with van der Waals surface area (Å²) in [6, 6.07) is 24.6. The number of ether oxygens (including phenoxy) is 1. The molecular weight excluding hydrogens is 448 g/mol. The molecule has 36 heavy (non-hydrogen) atoms. The second-order valence-electron chi connectivity index (χ2n) is 9.17. The van der Waals surface area contributed by atoms with Gasteiger partial charge in [0.05, 0.1) is 35.6 Å². The Morgan fingerprint density at radius 2 is 1.58 bits per heavy atom. The first-order valence-corrected chi connectivity index (χ1v) is 11.9. The smallest absolute Gasteiger partial charge is 0.233 e. The van der Waals surface area contributed by atoms with Gasteiger partial charge in [-0.05, 0) is 54.1 Å². The zero-order chi connectivity index (χ0) is 24.4. The Kier molecular flexibility index (Phi) is 4.27. The van der Waals surface area contributed by atoms with E-state index in [4.69, 9.17) is 19.7 Å². The quantitative estimate of drug-likeness (QED) is 0.425. The molecule has 3 aliphatic heterocycles. The van der Waals surface area contributed by atoms with Gasteiger partial charge >= 0.3 is 0 Å². The van der Waals surface area contributed by atoms with Crippen LogP contribution in [0.15, 0.2) is 106 Å². The Morgan fingerprint density at radius 3 is 2.31 bits per heavy atom. The monoisotopic (exact) mass is 472 g/mol. The number of guanidine groups is 1. The van der Waals surface area contributed by atoms with Gasteiger partial charge < -0.3 is 13.9 Å². The Balaban J connectivity index is 1.57. The van der Waals surface area contributed by atoms with Crippen molar-refractivity contribution < 1.29 is 4.74 Å². The first-order valence-electron chi connectivity index (χ1n) is 11.9. The molecule has 0 amide bonds. The number of allylic oxidation sites excluding steroid dienone is 1. The van der Waals surface area contributed by atoms with Crippen LogP contribution < -0.4 is 4.74 Å². The van der Waals surface area contributed by atoms with Gasteiger partial charge in [-0.2, -0.15) is 0 Å². The third-order valence-electron chi connectivity index (χ3n) is 7.17. The van der Waals surface area contributed by atoms with Crippen LogP contribution >= 0.6 is 0 Å². The molecule has 1 atom stereocenters. The summed E-state index contributed by atoms with van der Waals surface area (Å²) < 4.78 is 9.65. The fraction of sp³-hybridized carbons (Fsp3) is 0.138. The molecule has 176 valence electrons. The van der Waals surface area contributed by atoms with E-state index < -0.39 is 5.54 Å². The van der Waals surface area contributed by atoms with E-state index in [1.807, 2.05) is 56.8 Å². The summed E-state index contributed by atoms with van der Waals surface area (Å²) >= 11 is 0. The molecule has 2 aromatic carbocycles. The molecule has 0 fully saturated rings. The molecule has 0 N–H and O–H groups in total. The van der Waals surface area contributed by atoms with Crippen LogP contribution in [0.25, 0.3) is 5.70 Å². The van der Waals surface area contributed by atoms with E-state index in [1.54, 1.807) is 7.11 Å². The van der Waals surface area contributed by atoms with Crippen LogP contribution in [0.1, 0.15) is 22.5 Å². The lowest BCUT2D eigenvalue weighted by Crippen LogP contribution is -2.44. The number of nitrogens with zero attached hydrogens (tertiary/aromatic N) is 6. The molecule has 3 aliphatic rings. The second kappa shape index (κ2) is 7.42. The number of methoxy groups -OCH3 is 1. The molecule has 2 aromatic heterocycles. The number of aromatic nitrogens is 2. The van der Waals surface area contributed by atoms with E-state index >= 15 is 0 Å². The van der Waals surface area contributed by atoms with Crippen LogP contribution in [0.2, 0.25) is 0 Å². The summed E-state index contributed by atoms with van der Waals surface area (Å²) in [6.07, 6.45) is 6.23. The van der Waals surface area contributed by atoms with E-state index in [0.717, 1.165) is 51.2 Å². The van der Waals surface area contributed by atoms with Crippen molar-refractivity contribution in [3.05, 3.63) is 114 Å². The predicted molar refractivity (Wildman–Crippen MR) is 142 cm³/mol. The van der Waals surface area contributed by atoms with Crippen molar-refractivity contribution in [1.82, 2.24) is 14.0 Å². The maximum atomic E-state index is 5.45. The van der Waals surface area contributed by atoms with Crippen LogP contribution in [0.4, 0.5) is 5.69 Å². The molecule has 0 aliphatic carbocycles. The average molecular weight is 473 g/mol. The number of aryl methyl sites for hydroxylation is 2. The summed E-state index contributed by atoms with van der Waals surface area (Å²) in [5, 5.41) is 0. The molecule has 7 heteroatoms. The average Bonchev–Trinajstić information content (AvgIpc) is 3.62. The van der Waals surface area contributed by atoms with Crippen LogP contribution in [0, 0.1) is 0 Å². The fourth-order valence-electron chi connectivity index (χ4n) is 5.41. The Bertz CT molecular complexity index is 1650. The zero-order valence-electron chi connectivity index (χ0n) is 20.3. The van der Waals surface area contributed by atoms with Crippen LogP contribution in [0.3, 0.4) is 0 Å². The number of amidine groups is 1. The Hall–Kier alpha value is -4.65. The molecule has 4 aromatic rings. The topological polar surface area (TPSA) is 59.4 Å². The van der Waals surface area contributed by atoms with Crippen LogP contribution in [-0.2, 0) is 19.6 Å². The van der Waals surface area contributed by atoms with Crippen molar-refractivity contribution in [2.24, 2.45) is 29.1 Å². The molecular formula is C29H24N6O. The van der Waals surface area contributed by atoms with E-state index in [0.29, 0.717) is 5.96 Å². The van der Waals surface area contributed by atoms with Gasteiger partial charge in [-0.1, -0.05) is 30.3 Å². The second-order valence-corrected chi connectivity index (χ2v) is 9.17. The molecule has 0 radical (unpaired) electrons. The van der Waals surface area contributed by atoms with E-state index in [9.17, 15) is 0 Å². The molecule has 1 unspecified atom stereocenters. The van der Waals surface area contributed by atoms with Crippen molar-refractivity contribution in [3.8, 4) is 5.75 Å². The van der Waals surface area contributed by atoms with E-state index in [2.05, 4.69) is 62.6 Å². The maximum absolute atomic E-state index is 5.45. The van der Waals surface area contributed by atoms with Gasteiger partial charge in [0.25, 0.3) is 0 Å². The summed E-state index contributed by atoms with van der Waals surface area (Å²) in [4.78, 5) is 17.8. The number of rotatable bonds is 4. The third kappa shape index (κ3) is 2.71. The summed E-state index contributed by atoms with van der Waals surface area (Å²) in [7, 11) is 5.76. The highest BCUT2D eigenvalue weighted by atomic mass is 16.5.